The van der Waals surface area contributed by atoms with E-state index < -0.39 is 11.9 Å². The third-order valence-electron chi connectivity index (χ3n) is 6.00. The molecule has 0 aliphatic rings. The van der Waals surface area contributed by atoms with Gasteiger partial charge in [-0.25, -0.2) is 4.79 Å². The lowest BCUT2D eigenvalue weighted by Crippen LogP contribution is -2.18. The number of carbonyl (C=O) groups excluding carboxylic acids is 2. The van der Waals surface area contributed by atoms with Gasteiger partial charge >= 0.3 is 5.97 Å². The predicted molar refractivity (Wildman–Crippen MR) is 145 cm³/mol. The second kappa shape index (κ2) is 12.0. The molecule has 0 aliphatic heterocycles. The highest BCUT2D eigenvalue weighted by molar-refractivity contribution is 6.11. The summed E-state index contributed by atoms with van der Waals surface area (Å²) >= 11 is 0. The van der Waals surface area contributed by atoms with E-state index in [-0.39, 0.29) is 12.3 Å². The highest BCUT2D eigenvalue weighted by Crippen LogP contribution is 2.36. The molecule has 0 atom stereocenters. The van der Waals surface area contributed by atoms with Gasteiger partial charge in [0.25, 0.3) is 5.91 Å². The number of esters is 1. The summed E-state index contributed by atoms with van der Waals surface area (Å²) < 4.78 is 23.2. The molecule has 1 heterocycles. The average molecular weight is 515 g/mol. The van der Waals surface area contributed by atoms with Gasteiger partial charge in [0.2, 0.25) is 0 Å². The molecule has 1 aromatic heterocycles. The van der Waals surface area contributed by atoms with Crippen molar-refractivity contribution >= 4 is 17.6 Å². The van der Waals surface area contributed by atoms with Gasteiger partial charge in [-0.3, -0.25) is 4.79 Å². The van der Waals surface area contributed by atoms with Crippen molar-refractivity contribution in [2.45, 2.75) is 13.5 Å². The summed E-state index contributed by atoms with van der Waals surface area (Å²) in [7, 11) is 4.62. The van der Waals surface area contributed by atoms with Crippen molar-refractivity contribution in [2.75, 3.05) is 33.3 Å². The van der Waals surface area contributed by atoms with Crippen molar-refractivity contribution in [1.29, 1.82) is 0 Å². The number of amides is 1. The summed E-state index contributed by atoms with van der Waals surface area (Å²) in [6, 6.07) is 22.1. The largest absolute Gasteiger partial charge is 0.497 e. The third-order valence-corrected chi connectivity index (χ3v) is 6.00. The van der Waals surface area contributed by atoms with Gasteiger partial charge in [0.15, 0.2) is 5.69 Å². The summed E-state index contributed by atoms with van der Waals surface area (Å²) in [5.74, 6) is 0.660. The van der Waals surface area contributed by atoms with Crippen LogP contribution in [0.5, 0.6) is 17.2 Å². The van der Waals surface area contributed by atoms with Crippen LogP contribution in [0.2, 0.25) is 0 Å². The van der Waals surface area contributed by atoms with Crippen LogP contribution in [0, 0.1) is 0 Å². The van der Waals surface area contributed by atoms with Gasteiger partial charge in [-0.1, -0.05) is 42.5 Å². The monoisotopic (exact) mass is 514 g/mol. The third kappa shape index (κ3) is 5.81. The molecule has 0 aliphatic carbocycles. The van der Waals surface area contributed by atoms with E-state index in [1.54, 1.807) is 36.8 Å². The van der Waals surface area contributed by atoms with Gasteiger partial charge in [-0.2, -0.15) is 0 Å². The van der Waals surface area contributed by atoms with E-state index in [1.165, 1.54) is 14.2 Å². The van der Waals surface area contributed by atoms with Crippen LogP contribution < -0.4 is 19.5 Å². The summed E-state index contributed by atoms with van der Waals surface area (Å²) in [5.41, 5.74) is 3.34. The molecule has 0 saturated heterocycles. The molecule has 8 heteroatoms. The molecule has 4 rings (SSSR count). The Morgan fingerprint density at radius 2 is 1.45 bits per heavy atom. The minimum absolute atomic E-state index is 0.188. The maximum atomic E-state index is 13.5. The normalized spacial score (nSPS) is 10.5. The molecule has 3 aromatic carbocycles. The molecule has 38 heavy (non-hydrogen) atoms. The van der Waals surface area contributed by atoms with Crippen LogP contribution >= 0.6 is 0 Å². The van der Waals surface area contributed by atoms with E-state index >= 15 is 0 Å². The van der Waals surface area contributed by atoms with Crippen molar-refractivity contribution < 1.29 is 28.5 Å². The Bertz CT molecular complexity index is 1390. The number of nitrogens with one attached hydrogen (secondary N) is 1. The van der Waals surface area contributed by atoms with Crippen LogP contribution in [-0.4, -0.2) is 44.4 Å². The zero-order valence-electron chi connectivity index (χ0n) is 21.8. The Morgan fingerprint density at radius 1 is 0.816 bits per heavy atom. The topological polar surface area (TPSA) is 88.0 Å². The number of ether oxygens (including phenoxy) is 4. The first kappa shape index (κ1) is 26.3. The van der Waals surface area contributed by atoms with Crippen LogP contribution in [0.25, 0.3) is 11.1 Å². The summed E-state index contributed by atoms with van der Waals surface area (Å²) in [6.07, 6.45) is 1.85. The Morgan fingerprint density at radius 3 is 2.03 bits per heavy atom. The molecule has 0 fully saturated rings. The molecule has 8 nitrogen and oxygen atoms in total. The minimum Gasteiger partial charge on any atom is -0.497 e. The molecule has 0 unspecified atom stereocenters. The maximum absolute atomic E-state index is 13.5. The van der Waals surface area contributed by atoms with Crippen LogP contribution in [0.15, 0.2) is 79.0 Å². The fourth-order valence-electron chi connectivity index (χ4n) is 4.12. The van der Waals surface area contributed by atoms with Crippen LogP contribution in [-0.2, 0) is 11.3 Å². The fourth-order valence-corrected chi connectivity index (χ4v) is 4.12. The van der Waals surface area contributed by atoms with E-state index in [9.17, 15) is 9.59 Å². The highest BCUT2D eigenvalue weighted by Gasteiger charge is 2.26. The van der Waals surface area contributed by atoms with Crippen LogP contribution in [0.4, 0.5) is 5.69 Å². The van der Waals surface area contributed by atoms with E-state index in [2.05, 4.69) is 5.32 Å². The summed E-state index contributed by atoms with van der Waals surface area (Å²) in [6.45, 7) is 2.34. The van der Waals surface area contributed by atoms with Crippen LogP contribution in [0.3, 0.4) is 0 Å². The molecular formula is C30H30N2O6. The van der Waals surface area contributed by atoms with E-state index in [0.717, 1.165) is 11.1 Å². The van der Waals surface area contributed by atoms with Crippen molar-refractivity contribution in [3.63, 3.8) is 0 Å². The van der Waals surface area contributed by atoms with Gasteiger partial charge in [-0.15, -0.1) is 0 Å². The molecular weight excluding hydrogens is 484 g/mol. The van der Waals surface area contributed by atoms with Crippen LogP contribution in [0.1, 0.15) is 33.3 Å². The molecule has 0 spiro atoms. The molecule has 0 bridgehead atoms. The zero-order valence-corrected chi connectivity index (χ0v) is 21.8. The minimum atomic E-state index is -0.540. The highest BCUT2D eigenvalue weighted by atomic mass is 16.5. The van der Waals surface area contributed by atoms with Gasteiger partial charge in [-0.05, 0) is 42.3 Å². The lowest BCUT2D eigenvalue weighted by atomic mass is 10.1. The van der Waals surface area contributed by atoms with Crippen molar-refractivity contribution in [1.82, 2.24) is 4.57 Å². The standard InChI is InChI=1S/C30H30N2O6/c1-5-38-30(34)28-27(31-29(33)22-15-24(36-3)17-25(16-22)37-4)26(21-11-13-23(35-2)14-12-21)19-32(28)18-20-9-7-6-8-10-20/h6-17,19H,5,18H2,1-4H3,(H,31,33). The number of benzene rings is 3. The second-order valence-corrected chi connectivity index (χ2v) is 8.38. The van der Waals surface area contributed by atoms with Gasteiger partial charge in [0.05, 0.1) is 33.6 Å². The number of aromatic nitrogens is 1. The fraction of sp³-hybridized carbons (Fsp3) is 0.200. The average Bonchev–Trinajstić information content (AvgIpc) is 3.30. The maximum Gasteiger partial charge on any atom is 0.357 e. The number of anilines is 1. The van der Waals surface area contributed by atoms with Crippen molar-refractivity contribution in [3.05, 3.63) is 95.8 Å². The van der Waals surface area contributed by atoms with Crippen molar-refractivity contribution in [2.24, 2.45) is 0 Å². The molecule has 0 saturated carbocycles. The first-order chi connectivity index (χ1) is 18.5. The number of hydrogen-bond acceptors (Lipinski definition) is 6. The molecule has 1 amide bonds. The van der Waals surface area contributed by atoms with E-state index in [0.29, 0.717) is 40.6 Å². The Hall–Kier alpha value is -4.72. The van der Waals surface area contributed by atoms with Gasteiger partial charge in [0, 0.05) is 29.9 Å². The van der Waals surface area contributed by atoms with E-state index in [4.69, 9.17) is 18.9 Å². The van der Waals surface area contributed by atoms with Gasteiger partial charge < -0.3 is 28.8 Å². The first-order valence-electron chi connectivity index (χ1n) is 12.1. The number of methoxy groups -OCH3 is 3. The Labute approximate surface area is 221 Å². The Kier molecular flexibility index (Phi) is 8.33. The molecule has 4 aromatic rings. The summed E-state index contributed by atoms with van der Waals surface area (Å²) in [4.78, 5) is 26.8. The van der Waals surface area contributed by atoms with E-state index in [1.807, 2.05) is 60.8 Å². The quantitative estimate of drug-likeness (QED) is 0.275. The lowest BCUT2D eigenvalue weighted by Gasteiger charge is -2.13. The predicted octanol–water partition coefficient (Wildman–Crippen LogP) is 5.66. The number of rotatable bonds is 10. The van der Waals surface area contributed by atoms with Crippen molar-refractivity contribution in [3.8, 4) is 28.4 Å². The first-order valence-corrected chi connectivity index (χ1v) is 12.1. The Balaban J connectivity index is 1.86. The second-order valence-electron chi connectivity index (χ2n) is 8.38. The zero-order chi connectivity index (χ0) is 27.1. The molecule has 0 radical (unpaired) electrons. The SMILES string of the molecule is CCOC(=O)c1c(NC(=O)c2cc(OC)cc(OC)c2)c(-c2ccc(OC)cc2)cn1Cc1ccccc1. The smallest absolute Gasteiger partial charge is 0.357 e. The lowest BCUT2D eigenvalue weighted by molar-refractivity contribution is 0.0515. The number of nitrogens with zero attached hydrogens (tertiary/aromatic N) is 1. The summed E-state index contributed by atoms with van der Waals surface area (Å²) in [5, 5.41) is 2.97. The number of hydrogen-bond donors (Lipinski definition) is 1. The number of carbonyl (C=O) groups is 2. The van der Waals surface area contributed by atoms with Gasteiger partial charge in [0.1, 0.15) is 17.2 Å². The molecule has 1 N–H and O–H groups in total. The molecule has 196 valence electrons.